The molecule has 0 amide bonds. The molecule has 3 aromatic carbocycles. The molecule has 1 aliphatic carbocycles. The summed E-state index contributed by atoms with van der Waals surface area (Å²) in [4.78, 5) is 0. The maximum absolute atomic E-state index is 10.0. The Balaban J connectivity index is 1.49. The third-order valence-electron chi connectivity index (χ3n) is 7.89. The molecule has 1 fully saturated rings. The normalized spacial score (nSPS) is 18.1. The molecule has 0 N–H and O–H groups in total. The van der Waals surface area contributed by atoms with Crippen molar-refractivity contribution in [2.45, 2.75) is 44.4 Å². The zero-order valence-electron chi connectivity index (χ0n) is 20.3. The Hall–Kier alpha value is -3.90. The fourth-order valence-corrected chi connectivity index (χ4v) is 6.07. The number of rotatable bonds is 3. The molecule has 0 atom stereocenters. The number of furan rings is 1. The zero-order valence-corrected chi connectivity index (χ0v) is 20.3. The van der Waals surface area contributed by atoms with E-state index >= 15 is 0 Å². The molecule has 1 aliphatic rings. The van der Waals surface area contributed by atoms with Crippen molar-refractivity contribution in [3.63, 3.8) is 0 Å². The lowest BCUT2D eigenvalue weighted by molar-refractivity contribution is -0.660. The Bertz CT molecular complexity index is 1580. The van der Waals surface area contributed by atoms with Gasteiger partial charge in [-0.2, -0.15) is 5.26 Å². The van der Waals surface area contributed by atoms with Crippen molar-refractivity contribution in [3.05, 3.63) is 101 Å². The highest BCUT2D eigenvalue weighted by molar-refractivity contribution is 6.11. The van der Waals surface area contributed by atoms with Gasteiger partial charge in [-0.3, -0.25) is 0 Å². The average molecular weight is 458 g/mol. The highest BCUT2D eigenvalue weighted by Crippen LogP contribution is 2.46. The van der Waals surface area contributed by atoms with E-state index in [0.29, 0.717) is 11.8 Å². The summed E-state index contributed by atoms with van der Waals surface area (Å²) in [7, 11) is 2.07. The van der Waals surface area contributed by atoms with Gasteiger partial charge in [0.15, 0.2) is 6.20 Å². The van der Waals surface area contributed by atoms with E-state index in [1.54, 1.807) is 0 Å². The molecule has 0 aliphatic heterocycles. The average Bonchev–Trinajstić information content (AvgIpc) is 3.28. The Kier molecular flexibility index (Phi) is 5.38. The Morgan fingerprint density at radius 3 is 2.23 bits per heavy atom. The second-order valence-electron chi connectivity index (χ2n) is 9.91. The number of pyridine rings is 1. The summed E-state index contributed by atoms with van der Waals surface area (Å²) in [5, 5.41) is 12.3. The predicted molar refractivity (Wildman–Crippen MR) is 140 cm³/mol. The van der Waals surface area contributed by atoms with Gasteiger partial charge in [0.2, 0.25) is 5.69 Å². The predicted octanol–water partition coefficient (Wildman–Crippen LogP) is 7.70. The van der Waals surface area contributed by atoms with Crippen LogP contribution in [0.5, 0.6) is 0 Å². The molecule has 3 nitrogen and oxygen atoms in total. The van der Waals surface area contributed by atoms with E-state index in [0.717, 1.165) is 70.0 Å². The number of benzene rings is 3. The summed E-state index contributed by atoms with van der Waals surface area (Å²) >= 11 is 0. The third kappa shape index (κ3) is 3.61. The highest BCUT2D eigenvalue weighted by atomic mass is 16.3. The first-order valence-corrected chi connectivity index (χ1v) is 12.5. The van der Waals surface area contributed by atoms with E-state index in [-0.39, 0.29) is 0 Å². The van der Waals surface area contributed by atoms with E-state index in [9.17, 15) is 5.26 Å². The number of nitriles is 1. The maximum Gasteiger partial charge on any atom is 0.216 e. The van der Waals surface area contributed by atoms with Gasteiger partial charge in [0.25, 0.3) is 0 Å². The second-order valence-corrected chi connectivity index (χ2v) is 9.91. The molecular formula is C32H29N2O+. The van der Waals surface area contributed by atoms with Gasteiger partial charge in [0.1, 0.15) is 18.2 Å². The van der Waals surface area contributed by atoms with Crippen molar-refractivity contribution in [1.82, 2.24) is 0 Å². The summed E-state index contributed by atoms with van der Waals surface area (Å²) in [6.45, 7) is 2.14. The van der Waals surface area contributed by atoms with Crippen LogP contribution in [0.3, 0.4) is 0 Å². The third-order valence-corrected chi connectivity index (χ3v) is 7.89. The molecule has 0 spiro atoms. The molecule has 0 unspecified atom stereocenters. The van der Waals surface area contributed by atoms with Crippen LogP contribution in [-0.2, 0) is 7.05 Å². The van der Waals surface area contributed by atoms with Gasteiger partial charge in [-0.15, -0.1) is 0 Å². The maximum atomic E-state index is 10.0. The lowest BCUT2D eigenvalue weighted by Crippen LogP contribution is -2.30. The fourth-order valence-electron chi connectivity index (χ4n) is 6.07. The molecule has 0 saturated heterocycles. The summed E-state index contributed by atoms with van der Waals surface area (Å²) in [6.07, 6.45) is 6.50. The number of hydrogen-bond donors (Lipinski definition) is 0. The molecule has 0 bridgehead atoms. The van der Waals surface area contributed by atoms with Gasteiger partial charge in [-0.1, -0.05) is 42.5 Å². The smallest absolute Gasteiger partial charge is 0.216 e. The zero-order chi connectivity index (χ0) is 23.9. The fraction of sp³-hybridized carbons (Fsp3) is 0.250. The minimum absolute atomic E-state index is 0.339. The first-order valence-electron chi connectivity index (χ1n) is 12.5. The lowest BCUT2D eigenvalue weighted by Gasteiger charge is -2.29. The van der Waals surface area contributed by atoms with Crippen molar-refractivity contribution < 1.29 is 8.98 Å². The number of hydrogen-bond acceptors (Lipinski definition) is 2. The molecule has 1 saturated carbocycles. The van der Waals surface area contributed by atoms with E-state index in [2.05, 4.69) is 91.5 Å². The van der Waals surface area contributed by atoms with E-state index in [1.165, 1.54) is 11.1 Å². The summed E-state index contributed by atoms with van der Waals surface area (Å²) in [5.74, 6) is 0.937. The van der Waals surface area contributed by atoms with Gasteiger partial charge in [-0.05, 0) is 73.8 Å². The van der Waals surface area contributed by atoms with Crippen LogP contribution in [-0.4, -0.2) is 0 Å². The Morgan fingerprint density at radius 1 is 0.800 bits per heavy atom. The first-order chi connectivity index (χ1) is 17.2. The molecule has 6 rings (SSSR count). The quantitative estimate of drug-likeness (QED) is 0.260. The number of aryl methyl sites for hydroxylation is 2. The van der Waals surface area contributed by atoms with Crippen LogP contribution < -0.4 is 4.57 Å². The Labute approximate surface area is 206 Å². The number of nitrogens with zero attached hydrogens (tertiary/aromatic N) is 2. The summed E-state index contributed by atoms with van der Waals surface area (Å²) in [6, 6.07) is 28.0. The van der Waals surface area contributed by atoms with Gasteiger partial charge < -0.3 is 4.42 Å². The Morgan fingerprint density at radius 2 is 1.49 bits per heavy atom. The summed E-state index contributed by atoms with van der Waals surface area (Å²) in [5.41, 5.74) is 8.54. The second kappa shape index (κ2) is 8.71. The van der Waals surface area contributed by atoms with Crippen molar-refractivity contribution >= 4 is 21.9 Å². The van der Waals surface area contributed by atoms with Crippen molar-refractivity contribution in [1.29, 1.82) is 5.26 Å². The number of fused-ring (bicyclic) bond motifs is 3. The molecule has 2 heterocycles. The lowest BCUT2D eigenvalue weighted by atomic mass is 9.75. The molecule has 2 aromatic heterocycles. The molecule has 0 radical (unpaired) electrons. The topological polar surface area (TPSA) is 40.8 Å². The van der Waals surface area contributed by atoms with Crippen LogP contribution in [0.1, 0.15) is 59.8 Å². The molecule has 35 heavy (non-hydrogen) atoms. The van der Waals surface area contributed by atoms with Crippen LogP contribution >= 0.6 is 0 Å². The highest BCUT2D eigenvalue weighted by Gasteiger charge is 2.29. The van der Waals surface area contributed by atoms with Crippen LogP contribution in [0.15, 0.2) is 83.4 Å². The largest absolute Gasteiger partial charge is 0.455 e. The monoisotopic (exact) mass is 457 g/mol. The summed E-state index contributed by atoms with van der Waals surface area (Å²) < 4.78 is 8.89. The minimum atomic E-state index is 0.339. The molecular weight excluding hydrogens is 428 g/mol. The SMILES string of the molecule is Cc1ccc2c(oc3c(C4CCC(c5ccccc5)CC4)c(C#N)ccc32)c1-c1cccc[n+]1C. The molecule has 3 heteroatoms. The number of aromatic nitrogens is 1. The van der Waals surface area contributed by atoms with Crippen LogP contribution in [0.25, 0.3) is 33.2 Å². The van der Waals surface area contributed by atoms with E-state index < -0.39 is 0 Å². The minimum Gasteiger partial charge on any atom is -0.455 e. The van der Waals surface area contributed by atoms with Crippen LogP contribution in [0, 0.1) is 18.3 Å². The first kappa shape index (κ1) is 21.6. The van der Waals surface area contributed by atoms with E-state index in [1.807, 2.05) is 12.1 Å². The standard InChI is InChI=1S/C32H29N2O/c1-21-11-17-26-27-18-16-25(20-33)30(24-14-12-23(13-15-24)22-8-4-3-5-9-22)32(27)35-31(26)29(21)28-10-6-7-19-34(28)2/h3-11,16-19,23-24H,12-15H2,1-2H3/q+1. The molecule has 5 aromatic rings. The van der Waals surface area contributed by atoms with Crippen molar-refractivity contribution in [2.24, 2.45) is 7.05 Å². The van der Waals surface area contributed by atoms with Crippen LogP contribution in [0.4, 0.5) is 0 Å². The van der Waals surface area contributed by atoms with E-state index in [4.69, 9.17) is 4.42 Å². The van der Waals surface area contributed by atoms with Gasteiger partial charge in [0, 0.05) is 28.5 Å². The van der Waals surface area contributed by atoms with Crippen molar-refractivity contribution in [2.75, 3.05) is 0 Å². The van der Waals surface area contributed by atoms with Crippen molar-refractivity contribution in [3.8, 4) is 17.3 Å². The van der Waals surface area contributed by atoms with Crippen LogP contribution in [0.2, 0.25) is 0 Å². The van der Waals surface area contributed by atoms with Gasteiger partial charge in [-0.25, -0.2) is 4.57 Å². The van der Waals surface area contributed by atoms with Gasteiger partial charge in [0.05, 0.1) is 17.2 Å². The van der Waals surface area contributed by atoms with Gasteiger partial charge >= 0.3 is 0 Å². The molecule has 172 valence electrons.